The molecule has 2 atom stereocenters. The Morgan fingerprint density at radius 3 is 3.06 bits per heavy atom. The van der Waals surface area contributed by atoms with Crippen LogP contribution in [-0.2, 0) is 4.74 Å². The average Bonchev–Trinajstić information content (AvgIpc) is 2.78. The van der Waals surface area contributed by atoms with E-state index in [0.717, 1.165) is 19.6 Å². The number of rotatable bonds is 4. The van der Waals surface area contributed by atoms with Gasteiger partial charge in [-0.25, -0.2) is 4.39 Å². The summed E-state index contributed by atoms with van der Waals surface area (Å²) in [5.41, 5.74) is 6.20. The van der Waals surface area contributed by atoms with E-state index in [2.05, 4.69) is 0 Å². The summed E-state index contributed by atoms with van der Waals surface area (Å²) in [5, 5.41) is 0. The van der Waals surface area contributed by atoms with Gasteiger partial charge in [-0.3, -0.25) is 0 Å². The summed E-state index contributed by atoms with van der Waals surface area (Å²) in [6, 6.07) is 4.44. The van der Waals surface area contributed by atoms with Gasteiger partial charge in [0.2, 0.25) is 0 Å². The van der Waals surface area contributed by atoms with Gasteiger partial charge in [-0.15, -0.1) is 0 Å². The molecule has 1 aliphatic rings. The van der Waals surface area contributed by atoms with E-state index in [1.807, 2.05) is 0 Å². The molecule has 1 aromatic rings. The van der Waals surface area contributed by atoms with Gasteiger partial charge in [0, 0.05) is 24.1 Å². The molecule has 94 valence electrons. The summed E-state index contributed by atoms with van der Waals surface area (Å²) in [7, 11) is 0. The Morgan fingerprint density at radius 2 is 2.41 bits per heavy atom. The fraction of sp³-hybridized carbons (Fsp3) is 0.538. The molecule has 0 amide bonds. The molecule has 0 bridgehead atoms. The van der Waals surface area contributed by atoms with Gasteiger partial charge in [0.25, 0.3) is 0 Å². The van der Waals surface area contributed by atoms with Crippen LogP contribution in [0.25, 0.3) is 0 Å². The van der Waals surface area contributed by atoms with Crippen LogP contribution in [0.5, 0.6) is 5.75 Å². The molecule has 4 heteroatoms. The monoisotopic (exact) mass is 239 g/mol. The highest BCUT2D eigenvalue weighted by Crippen LogP contribution is 2.27. The number of benzene rings is 1. The highest BCUT2D eigenvalue weighted by atomic mass is 19.1. The zero-order valence-corrected chi connectivity index (χ0v) is 9.99. The van der Waals surface area contributed by atoms with Crippen LogP contribution < -0.4 is 10.5 Å². The van der Waals surface area contributed by atoms with E-state index in [0.29, 0.717) is 23.8 Å². The largest absolute Gasteiger partial charge is 0.493 e. The SMILES string of the molecule is C[C@H](N)c1c(F)cccc1OCC1CCOC1. The molecule has 0 aromatic heterocycles. The van der Waals surface area contributed by atoms with Crippen molar-refractivity contribution in [1.82, 2.24) is 0 Å². The lowest BCUT2D eigenvalue weighted by molar-refractivity contribution is 0.166. The standard InChI is InChI=1S/C13H18FNO2/c1-9(15)13-11(14)3-2-4-12(13)17-8-10-5-6-16-7-10/h2-4,9-10H,5-8,15H2,1H3/t9-,10?/m0/s1. The maximum atomic E-state index is 13.6. The van der Waals surface area contributed by atoms with Crippen LogP contribution in [-0.4, -0.2) is 19.8 Å². The summed E-state index contributed by atoms with van der Waals surface area (Å²) in [6.45, 7) is 3.83. The van der Waals surface area contributed by atoms with Gasteiger partial charge >= 0.3 is 0 Å². The van der Waals surface area contributed by atoms with Crippen molar-refractivity contribution < 1.29 is 13.9 Å². The van der Waals surface area contributed by atoms with E-state index in [-0.39, 0.29) is 11.9 Å². The van der Waals surface area contributed by atoms with Crippen molar-refractivity contribution in [2.45, 2.75) is 19.4 Å². The number of hydrogen-bond donors (Lipinski definition) is 1. The number of halogens is 1. The third-order valence-corrected chi connectivity index (χ3v) is 2.97. The Kier molecular flexibility index (Phi) is 3.97. The van der Waals surface area contributed by atoms with Crippen molar-refractivity contribution in [1.29, 1.82) is 0 Å². The lowest BCUT2D eigenvalue weighted by atomic mass is 10.1. The van der Waals surface area contributed by atoms with Gasteiger partial charge < -0.3 is 15.2 Å². The molecule has 1 aliphatic heterocycles. The van der Waals surface area contributed by atoms with Crippen LogP contribution in [0.4, 0.5) is 4.39 Å². The van der Waals surface area contributed by atoms with Crippen LogP contribution in [0.3, 0.4) is 0 Å². The summed E-state index contributed by atoms with van der Waals surface area (Å²) in [5.74, 6) is 0.645. The van der Waals surface area contributed by atoms with Crippen LogP contribution in [0.15, 0.2) is 18.2 Å². The van der Waals surface area contributed by atoms with Gasteiger partial charge in [0.15, 0.2) is 0 Å². The summed E-state index contributed by atoms with van der Waals surface area (Å²) in [6.07, 6.45) is 1.00. The summed E-state index contributed by atoms with van der Waals surface area (Å²) < 4.78 is 24.5. The quantitative estimate of drug-likeness (QED) is 0.876. The Hall–Kier alpha value is -1.13. The predicted molar refractivity (Wildman–Crippen MR) is 63.4 cm³/mol. The van der Waals surface area contributed by atoms with Crippen molar-refractivity contribution in [2.24, 2.45) is 11.7 Å². The second-order valence-electron chi connectivity index (χ2n) is 4.48. The maximum Gasteiger partial charge on any atom is 0.131 e. The predicted octanol–water partition coefficient (Wildman–Crippen LogP) is 2.26. The zero-order chi connectivity index (χ0) is 12.3. The summed E-state index contributed by atoms with van der Waals surface area (Å²) >= 11 is 0. The fourth-order valence-corrected chi connectivity index (χ4v) is 2.01. The normalized spacial score (nSPS) is 21.5. The van der Waals surface area contributed by atoms with E-state index < -0.39 is 0 Å². The zero-order valence-electron chi connectivity index (χ0n) is 9.99. The van der Waals surface area contributed by atoms with Crippen LogP contribution in [0.2, 0.25) is 0 Å². The van der Waals surface area contributed by atoms with Crippen LogP contribution in [0.1, 0.15) is 24.9 Å². The van der Waals surface area contributed by atoms with Crippen molar-refractivity contribution in [2.75, 3.05) is 19.8 Å². The van der Waals surface area contributed by atoms with E-state index >= 15 is 0 Å². The lowest BCUT2D eigenvalue weighted by Gasteiger charge is -2.16. The topological polar surface area (TPSA) is 44.5 Å². The first kappa shape index (κ1) is 12.3. The molecule has 1 aromatic carbocycles. The third kappa shape index (κ3) is 2.96. The second kappa shape index (κ2) is 5.47. The molecule has 17 heavy (non-hydrogen) atoms. The first-order valence-corrected chi connectivity index (χ1v) is 5.93. The number of ether oxygens (including phenoxy) is 2. The molecule has 2 rings (SSSR count). The molecule has 3 nitrogen and oxygen atoms in total. The van der Waals surface area contributed by atoms with Gasteiger partial charge in [-0.1, -0.05) is 6.07 Å². The molecule has 0 spiro atoms. The minimum Gasteiger partial charge on any atom is -0.493 e. The van der Waals surface area contributed by atoms with Crippen LogP contribution in [0, 0.1) is 11.7 Å². The molecular formula is C13H18FNO2. The van der Waals surface area contributed by atoms with Gasteiger partial charge in [-0.05, 0) is 25.5 Å². The molecule has 1 heterocycles. The van der Waals surface area contributed by atoms with Crippen molar-refractivity contribution in [3.63, 3.8) is 0 Å². The lowest BCUT2D eigenvalue weighted by Crippen LogP contribution is -2.15. The van der Waals surface area contributed by atoms with Gasteiger partial charge in [-0.2, -0.15) is 0 Å². The van der Waals surface area contributed by atoms with Crippen molar-refractivity contribution >= 4 is 0 Å². The van der Waals surface area contributed by atoms with E-state index in [1.54, 1.807) is 19.1 Å². The van der Waals surface area contributed by atoms with Gasteiger partial charge in [0.1, 0.15) is 11.6 Å². The second-order valence-corrected chi connectivity index (χ2v) is 4.48. The fourth-order valence-electron chi connectivity index (χ4n) is 2.01. The Bertz CT molecular complexity index is 376. The molecule has 0 radical (unpaired) electrons. The van der Waals surface area contributed by atoms with Crippen LogP contribution >= 0.6 is 0 Å². The number of nitrogens with two attached hydrogens (primary N) is 1. The molecule has 0 saturated carbocycles. The average molecular weight is 239 g/mol. The Balaban J connectivity index is 2.06. The molecule has 1 saturated heterocycles. The summed E-state index contributed by atoms with van der Waals surface area (Å²) in [4.78, 5) is 0. The molecule has 1 unspecified atom stereocenters. The molecule has 1 fully saturated rings. The maximum absolute atomic E-state index is 13.6. The van der Waals surface area contributed by atoms with Crippen molar-refractivity contribution in [3.8, 4) is 5.75 Å². The van der Waals surface area contributed by atoms with E-state index in [9.17, 15) is 4.39 Å². The number of hydrogen-bond acceptors (Lipinski definition) is 3. The Labute approximate surface area is 101 Å². The minimum absolute atomic E-state index is 0.305. The molecule has 0 aliphatic carbocycles. The first-order valence-electron chi connectivity index (χ1n) is 5.93. The molecule has 2 N–H and O–H groups in total. The molecular weight excluding hydrogens is 221 g/mol. The highest BCUT2D eigenvalue weighted by molar-refractivity contribution is 5.36. The third-order valence-electron chi connectivity index (χ3n) is 2.97. The Morgan fingerprint density at radius 1 is 1.59 bits per heavy atom. The highest BCUT2D eigenvalue weighted by Gasteiger charge is 2.18. The van der Waals surface area contributed by atoms with Gasteiger partial charge in [0.05, 0.1) is 13.2 Å². The van der Waals surface area contributed by atoms with E-state index in [4.69, 9.17) is 15.2 Å². The smallest absolute Gasteiger partial charge is 0.131 e. The first-order chi connectivity index (χ1) is 8.18. The minimum atomic E-state index is -0.369. The van der Waals surface area contributed by atoms with Crippen molar-refractivity contribution in [3.05, 3.63) is 29.6 Å². The van der Waals surface area contributed by atoms with E-state index in [1.165, 1.54) is 6.07 Å².